The SMILES string of the molecule is CNCC1CN(C[C@@H](C)O)CCO1. The fourth-order valence-corrected chi connectivity index (χ4v) is 1.67. The van der Waals surface area contributed by atoms with Crippen LogP contribution in [0, 0.1) is 0 Å². The van der Waals surface area contributed by atoms with Crippen molar-refractivity contribution in [3.8, 4) is 0 Å². The van der Waals surface area contributed by atoms with Gasteiger partial charge in [0.1, 0.15) is 0 Å². The molecule has 1 heterocycles. The van der Waals surface area contributed by atoms with Crippen LogP contribution in [-0.2, 0) is 4.74 Å². The van der Waals surface area contributed by atoms with Gasteiger partial charge >= 0.3 is 0 Å². The van der Waals surface area contributed by atoms with Gasteiger partial charge in [-0.1, -0.05) is 0 Å². The summed E-state index contributed by atoms with van der Waals surface area (Å²) in [5.74, 6) is 0. The summed E-state index contributed by atoms with van der Waals surface area (Å²) >= 11 is 0. The average Bonchev–Trinajstić information content (AvgIpc) is 2.04. The van der Waals surface area contributed by atoms with Gasteiger partial charge in [0.2, 0.25) is 0 Å². The number of ether oxygens (including phenoxy) is 1. The molecule has 0 radical (unpaired) electrons. The largest absolute Gasteiger partial charge is 0.392 e. The van der Waals surface area contributed by atoms with Crippen molar-refractivity contribution in [1.29, 1.82) is 0 Å². The Hall–Kier alpha value is -0.160. The highest BCUT2D eigenvalue weighted by atomic mass is 16.5. The molecule has 4 nitrogen and oxygen atoms in total. The summed E-state index contributed by atoms with van der Waals surface area (Å²) in [7, 11) is 1.93. The topological polar surface area (TPSA) is 44.7 Å². The summed E-state index contributed by atoms with van der Waals surface area (Å²) < 4.78 is 5.54. The number of aliphatic hydroxyl groups is 1. The van der Waals surface area contributed by atoms with Gasteiger partial charge in [0.25, 0.3) is 0 Å². The van der Waals surface area contributed by atoms with Gasteiger partial charge in [-0.15, -0.1) is 0 Å². The molecule has 1 aliphatic rings. The van der Waals surface area contributed by atoms with Crippen molar-refractivity contribution in [3.05, 3.63) is 0 Å². The fourth-order valence-electron chi connectivity index (χ4n) is 1.67. The van der Waals surface area contributed by atoms with Crippen LogP contribution >= 0.6 is 0 Å². The summed E-state index contributed by atoms with van der Waals surface area (Å²) in [5.41, 5.74) is 0. The van der Waals surface area contributed by atoms with Crippen molar-refractivity contribution in [2.45, 2.75) is 19.1 Å². The predicted molar refractivity (Wildman–Crippen MR) is 51.8 cm³/mol. The molecule has 0 aliphatic carbocycles. The van der Waals surface area contributed by atoms with E-state index in [0.717, 1.165) is 32.8 Å². The molecule has 78 valence electrons. The highest BCUT2D eigenvalue weighted by molar-refractivity contribution is 4.73. The maximum Gasteiger partial charge on any atom is 0.0826 e. The minimum atomic E-state index is -0.242. The molecular formula is C9H20N2O2. The first-order chi connectivity index (χ1) is 6.22. The Morgan fingerprint density at radius 1 is 1.69 bits per heavy atom. The molecule has 0 aromatic rings. The monoisotopic (exact) mass is 188 g/mol. The molecule has 2 N–H and O–H groups in total. The number of aliphatic hydroxyl groups excluding tert-OH is 1. The molecule has 0 amide bonds. The Labute approximate surface area is 79.9 Å². The van der Waals surface area contributed by atoms with E-state index in [1.807, 2.05) is 14.0 Å². The van der Waals surface area contributed by atoms with E-state index in [4.69, 9.17) is 4.74 Å². The summed E-state index contributed by atoms with van der Waals surface area (Å²) in [6, 6.07) is 0. The van der Waals surface area contributed by atoms with Crippen LogP contribution in [0.25, 0.3) is 0 Å². The van der Waals surface area contributed by atoms with Crippen LogP contribution in [0.15, 0.2) is 0 Å². The Balaban J connectivity index is 2.24. The number of nitrogens with one attached hydrogen (secondary N) is 1. The van der Waals surface area contributed by atoms with Crippen LogP contribution in [0.2, 0.25) is 0 Å². The molecular weight excluding hydrogens is 168 g/mol. The zero-order valence-corrected chi connectivity index (χ0v) is 8.49. The second-order valence-electron chi connectivity index (χ2n) is 3.66. The van der Waals surface area contributed by atoms with E-state index >= 15 is 0 Å². The predicted octanol–water partition coefficient (Wildman–Crippen LogP) is -0.713. The number of rotatable bonds is 4. The van der Waals surface area contributed by atoms with E-state index < -0.39 is 0 Å². The first-order valence-electron chi connectivity index (χ1n) is 4.89. The Kier molecular flexibility index (Phi) is 4.66. The van der Waals surface area contributed by atoms with Crippen molar-refractivity contribution >= 4 is 0 Å². The van der Waals surface area contributed by atoms with Crippen LogP contribution < -0.4 is 5.32 Å². The minimum absolute atomic E-state index is 0.242. The van der Waals surface area contributed by atoms with Crippen molar-refractivity contribution in [1.82, 2.24) is 10.2 Å². The van der Waals surface area contributed by atoms with Gasteiger partial charge in [-0.05, 0) is 14.0 Å². The van der Waals surface area contributed by atoms with Crippen LogP contribution in [-0.4, -0.2) is 62.0 Å². The van der Waals surface area contributed by atoms with Gasteiger partial charge in [-0.2, -0.15) is 0 Å². The third kappa shape index (κ3) is 4.04. The second-order valence-corrected chi connectivity index (χ2v) is 3.66. The lowest BCUT2D eigenvalue weighted by Crippen LogP contribution is -2.48. The zero-order valence-electron chi connectivity index (χ0n) is 8.49. The first kappa shape index (κ1) is 10.9. The molecule has 0 saturated carbocycles. The lowest BCUT2D eigenvalue weighted by atomic mass is 10.2. The molecule has 1 saturated heterocycles. The fraction of sp³-hybridized carbons (Fsp3) is 1.00. The van der Waals surface area contributed by atoms with Crippen LogP contribution in [0.4, 0.5) is 0 Å². The lowest BCUT2D eigenvalue weighted by molar-refractivity contribution is -0.0367. The van der Waals surface area contributed by atoms with Gasteiger partial charge in [-0.25, -0.2) is 0 Å². The second kappa shape index (κ2) is 5.54. The quantitative estimate of drug-likeness (QED) is 0.611. The molecule has 0 aromatic heterocycles. The number of hydrogen-bond acceptors (Lipinski definition) is 4. The van der Waals surface area contributed by atoms with E-state index in [1.54, 1.807) is 0 Å². The molecule has 1 fully saturated rings. The Bertz CT molecular complexity index is 140. The molecule has 13 heavy (non-hydrogen) atoms. The maximum absolute atomic E-state index is 9.22. The number of likely N-dealkylation sites (N-methyl/N-ethyl adjacent to an activating group) is 1. The number of hydrogen-bond donors (Lipinski definition) is 2. The summed E-state index contributed by atoms with van der Waals surface area (Å²) in [5, 5.41) is 12.3. The third-order valence-corrected chi connectivity index (χ3v) is 2.18. The van der Waals surface area contributed by atoms with Gasteiger partial charge in [-0.3, -0.25) is 4.90 Å². The van der Waals surface area contributed by atoms with Gasteiger partial charge in [0.05, 0.1) is 18.8 Å². The van der Waals surface area contributed by atoms with Crippen molar-refractivity contribution < 1.29 is 9.84 Å². The normalized spacial score (nSPS) is 27.5. The smallest absolute Gasteiger partial charge is 0.0826 e. The molecule has 0 spiro atoms. The third-order valence-electron chi connectivity index (χ3n) is 2.18. The van der Waals surface area contributed by atoms with Crippen LogP contribution in [0.3, 0.4) is 0 Å². The maximum atomic E-state index is 9.22. The van der Waals surface area contributed by atoms with E-state index in [1.165, 1.54) is 0 Å². The molecule has 1 unspecified atom stereocenters. The Morgan fingerprint density at radius 2 is 2.46 bits per heavy atom. The van der Waals surface area contributed by atoms with Gasteiger partial charge in [0.15, 0.2) is 0 Å². The van der Waals surface area contributed by atoms with Crippen molar-refractivity contribution in [3.63, 3.8) is 0 Å². The van der Waals surface area contributed by atoms with Crippen LogP contribution in [0.1, 0.15) is 6.92 Å². The first-order valence-corrected chi connectivity index (χ1v) is 4.89. The Morgan fingerprint density at radius 3 is 3.08 bits per heavy atom. The van der Waals surface area contributed by atoms with E-state index in [0.29, 0.717) is 0 Å². The zero-order chi connectivity index (χ0) is 9.68. The van der Waals surface area contributed by atoms with Crippen molar-refractivity contribution in [2.24, 2.45) is 0 Å². The van der Waals surface area contributed by atoms with E-state index in [9.17, 15) is 5.11 Å². The number of β-amino-alcohol motifs (C(OH)–C–C–N with tert-alkyl or cyclic N) is 1. The van der Waals surface area contributed by atoms with Crippen LogP contribution in [0.5, 0.6) is 0 Å². The highest BCUT2D eigenvalue weighted by Gasteiger charge is 2.20. The minimum Gasteiger partial charge on any atom is -0.392 e. The summed E-state index contributed by atoms with van der Waals surface area (Å²) in [6.07, 6.45) is 0.0332. The molecule has 2 atom stereocenters. The molecule has 1 aliphatic heterocycles. The highest BCUT2D eigenvalue weighted by Crippen LogP contribution is 2.04. The molecule has 1 rings (SSSR count). The lowest BCUT2D eigenvalue weighted by Gasteiger charge is -2.33. The van der Waals surface area contributed by atoms with E-state index in [-0.39, 0.29) is 12.2 Å². The van der Waals surface area contributed by atoms with Crippen molar-refractivity contribution in [2.75, 3.05) is 39.8 Å². The summed E-state index contributed by atoms with van der Waals surface area (Å²) in [6.45, 7) is 6.10. The molecule has 4 heteroatoms. The standard InChI is InChI=1S/C9H20N2O2/c1-8(12)6-11-3-4-13-9(7-11)5-10-2/h8-10,12H,3-7H2,1-2H3/t8-,9?/m1/s1. The number of nitrogens with zero attached hydrogens (tertiary/aromatic N) is 1. The van der Waals surface area contributed by atoms with E-state index in [2.05, 4.69) is 10.2 Å². The number of morpholine rings is 1. The van der Waals surface area contributed by atoms with Gasteiger partial charge in [0, 0.05) is 26.2 Å². The van der Waals surface area contributed by atoms with Gasteiger partial charge < -0.3 is 15.2 Å². The molecule has 0 aromatic carbocycles. The summed E-state index contributed by atoms with van der Waals surface area (Å²) in [4.78, 5) is 2.25. The molecule has 0 bridgehead atoms. The average molecular weight is 188 g/mol.